The molecule has 0 spiro atoms. The SMILES string of the molecule is O=C(O)N1CCc2nn(Cc3ccc(OCc4ccccc4)c(OCc4ccccc4)c3)c(-c3ccc(Cl)cc3)c2CC1. The van der Waals surface area contributed by atoms with Crippen molar-refractivity contribution in [3.8, 4) is 22.8 Å². The van der Waals surface area contributed by atoms with Gasteiger partial charge in [-0.05, 0) is 47.4 Å². The fourth-order valence-corrected chi connectivity index (χ4v) is 5.50. The molecule has 0 unspecified atom stereocenters. The van der Waals surface area contributed by atoms with Crippen LogP contribution in [0, 0.1) is 0 Å². The van der Waals surface area contributed by atoms with Crippen molar-refractivity contribution in [3.05, 3.63) is 136 Å². The zero-order valence-electron chi connectivity index (χ0n) is 23.7. The molecule has 5 aromatic rings. The molecular weight excluding hydrogens is 562 g/mol. The molecule has 0 fully saturated rings. The number of hydrogen-bond donors (Lipinski definition) is 1. The van der Waals surface area contributed by atoms with Gasteiger partial charge in [0, 0.05) is 35.7 Å². The number of halogens is 1. The number of fused-ring (bicyclic) bond motifs is 1. The van der Waals surface area contributed by atoms with E-state index in [1.807, 2.05) is 108 Å². The number of nitrogens with zero attached hydrogens (tertiary/aromatic N) is 3. The average molecular weight is 594 g/mol. The molecule has 1 amide bonds. The van der Waals surface area contributed by atoms with Crippen LogP contribution in [0.3, 0.4) is 0 Å². The molecule has 0 atom stereocenters. The first-order valence-corrected chi connectivity index (χ1v) is 14.7. The van der Waals surface area contributed by atoms with Gasteiger partial charge in [0.2, 0.25) is 0 Å². The Hall–Kier alpha value is -4.75. The molecule has 218 valence electrons. The first-order chi connectivity index (χ1) is 21.0. The van der Waals surface area contributed by atoms with Crippen molar-refractivity contribution in [2.75, 3.05) is 13.1 Å². The normalized spacial score (nSPS) is 12.8. The zero-order valence-corrected chi connectivity index (χ0v) is 24.4. The van der Waals surface area contributed by atoms with Gasteiger partial charge in [0.25, 0.3) is 0 Å². The van der Waals surface area contributed by atoms with Crippen molar-refractivity contribution >= 4 is 17.7 Å². The summed E-state index contributed by atoms with van der Waals surface area (Å²) in [6, 6.07) is 33.9. The first kappa shape index (κ1) is 28.4. The van der Waals surface area contributed by atoms with Gasteiger partial charge >= 0.3 is 6.09 Å². The maximum Gasteiger partial charge on any atom is 0.407 e. The number of aromatic nitrogens is 2. The molecule has 2 heterocycles. The second kappa shape index (κ2) is 13.0. The van der Waals surface area contributed by atoms with Crippen molar-refractivity contribution in [2.45, 2.75) is 32.6 Å². The van der Waals surface area contributed by atoms with E-state index in [-0.39, 0.29) is 0 Å². The number of carboxylic acid groups (broad SMARTS) is 1. The van der Waals surface area contributed by atoms with Gasteiger partial charge in [-0.15, -0.1) is 0 Å². The minimum atomic E-state index is -0.899. The second-order valence-electron chi connectivity index (χ2n) is 10.5. The Morgan fingerprint density at radius 2 is 1.40 bits per heavy atom. The number of rotatable bonds is 9. The molecule has 0 saturated carbocycles. The number of carbonyl (C=O) groups is 1. The summed E-state index contributed by atoms with van der Waals surface area (Å²) in [5, 5.41) is 15.2. The summed E-state index contributed by atoms with van der Waals surface area (Å²) in [6.07, 6.45) is 0.258. The van der Waals surface area contributed by atoms with Crippen LogP contribution in [0.25, 0.3) is 11.3 Å². The first-order valence-electron chi connectivity index (χ1n) is 14.3. The van der Waals surface area contributed by atoms with E-state index in [1.165, 1.54) is 4.90 Å². The fraction of sp³-hybridized carbons (Fsp3) is 0.200. The lowest BCUT2D eigenvalue weighted by Crippen LogP contribution is -2.31. The number of hydrogen-bond acceptors (Lipinski definition) is 4. The van der Waals surface area contributed by atoms with Crippen LogP contribution in [0.2, 0.25) is 5.02 Å². The Morgan fingerprint density at radius 3 is 2.05 bits per heavy atom. The molecule has 1 aliphatic rings. The molecule has 43 heavy (non-hydrogen) atoms. The highest BCUT2D eigenvalue weighted by Gasteiger charge is 2.25. The third-order valence-electron chi connectivity index (χ3n) is 7.59. The summed E-state index contributed by atoms with van der Waals surface area (Å²) in [5.74, 6) is 1.34. The monoisotopic (exact) mass is 593 g/mol. The average Bonchev–Trinajstić information content (AvgIpc) is 3.22. The van der Waals surface area contributed by atoms with E-state index in [0.717, 1.165) is 39.2 Å². The van der Waals surface area contributed by atoms with Gasteiger partial charge in [-0.1, -0.05) is 90.5 Å². The van der Waals surface area contributed by atoms with Crippen molar-refractivity contribution in [1.82, 2.24) is 14.7 Å². The Bertz CT molecular complexity index is 1690. The van der Waals surface area contributed by atoms with Crippen LogP contribution in [0.15, 0.2) is 103 Å². The Labute approximate surface area is 255 Å². The van der Waals surface area contributed by atoms with E-state index >= 15 is 0 Å². The van der Waals surface area contributed by atoms with Crippen molar-refractivity contribution in [3.63, 3.8) is 0 Å². The van der Waals surface area contributed by atoms with E-state index in [1.54, 1.807) is 0 Å². The Balaban J connectivity index is 1.32. The van der Waals surface area contributed by atoms with Crippen LogP contribution < -0.4 is 9.47 Å². The molecule has 1 N–H and O–H groups in total. The molecule has 0 aliphatic carbocycles. The largest absolute Gasteiger partial charge is 0.485 e. The maximum absolute atomic E-state index is 11.7. The van der Waals surface area contributed by atoms with E-state index < -0.39 is 6.09 Å². The third-order valence-corrected chi connectivity index (χ3v) is 7.84. The van der Waals surface area contributed by atoms with E-state index in [4.69, 9.17) is 26.2 Å². The molecule has 4 aromatic carbocycles. The lowest BCUT2D eigenvalue weighted by Gasteiger charge is -2.17. The summed E-state index contributed by atoms with van der Waals surface area (Å²) in [6.45, 7) is 2.21. The highest BCUT2D eigenvalue weighted by Crippen LogP contribution is 2.34. The second-order valence-corrected chi connectivity index (χ2v) is 11.0. The standard InChI is InChI=1S/C35H32ClN3O4/c36-29-14-12-28(13-15-29)34-30-17-19-38(35(40)41)20-18-31(30)37-39(34)22-27-11-16-32(42-23-25-7-3-1-4-8-25)33(21-27)43-24-26-9-5-2-6-10-26/h1-16,21H,17-20,22-24H2,(H,40,41). The highest BCUT2D eigenvalue weighted by molar-refractivity contribution is 6.30. The summed E-state index contributed by atoms with van der Waals surface area (Å²) >= 11 is 6.22. The molecule has 7 nitrogen and oxygen atoms in total. The smallest absolute Gasteiger partial charge is 0.407 e. The molecule has 0 saturated heterocycles. The fourth-order valence-electron chi connectivity index (χ4n) is 5.37. The van der Waals surface area contributed by atoms with Gasteiger partial charge in [-0.2, -0.15) is 5.10 Å². The molecule has 1 aliphatic heterocycles. The van der Waals surface area contributed by atoms with Crippen LogP contribution in [-0.4, -0.2) is 39.0 Å². The van der Waals surface area contributed by atoms with Gasteiger partial charge in [0.1, 0.15) is 13.2 Å². The number of ether oxygens (including phenoxy) is 2. The van der Waals surface area contributed by atoms with E-state index in [2.05, 4.69) is 0 Å². The topological polar surface area (TPSA) is 76.8 Å². The van der Waals surface area contributed by atoms with Crippen molar-refractivity contribution < 1.29 is 19.4 Å². The van der Waals surface area contributed by atoms with Crippen LogP contribution >= 0.6 is 11.6 Å². The summed E-state index contributed by atoms with van der Waals surface area (Å²) in [4.78, 5) is 13.1. The van der Waals surface area contributed by atoms with Gasteiger partial charge in [0.15, 0.2) is 11.5 Å². The molecule has 0 bridgehead atoms. The zero-order chi connectivity index (χ0) is 29.6. The molecule has 0 radical (unpaired) electrons. The number of amides is 1. The quantitative estimate of drug-likeness (QED) is 0.192. The number of benzene rings is 4. The van der Waals surface area contributed by atoms with Gasteiger partial charge in [0.05, 0.1) is 17.9 Å². The van der Waals surface area contributed by atoms with Gasteiger partial charge in [-0.3, -0.25) is 4.68 Å². The Kier molecular flexibility index (Phi) is 8.61. The Morgan fingerprint density at radius 1 is 0.767 bits per heavy atom. The van der Waals surface area contributed by atoms with Crippen molar-refractivity contribution in [2.24, 2.45) is 0 Å². The van der Waals surface area contributed by atoms with Crippen LogP contribution in [0.5, 0.6) is 11.5 Å². The summed E-state index contributed by atoms with van der Waals surface area (Å²) < 4.78 is 14.6. The predicted octanol–water partition coefficient (Wildman–Crippen LogP) is 7.49. The maximum atomic E-state index is 11.7. The van der Waals surface area contributed by atoms with E-state index in [9.17, 15) is 9.90 Å². The predicted molar refractivity (Wildman–Crippen MR) is 167 cm³/mol. The van der Waals surface area contributed by atoms with Gasteiger partial charge < -0.3 is 19.5 Å². The summed E-state index contributed by atoms with van der Waals surface area (Å²) in [7, 11) is 0. The van der Waals surface area contributed by atoms with Crippen LogP contribution in [0.1, 0.15) is 27.9 Å². The van der Waals surface area contributed by atoms with Crippen LogP contribution in [0.4, 0.5) is 4.79 Å². The third kappa shape index (κ3) is 6.84. The summed E-state index contributed by atoms with van der Waals surface area (Å²) in [5.41, 5.74) is 7.13. The molecule has 1 aromatic heterocycles. The van der Waals surface area contributed by atoms with Crippen LogP contribution in [-0.2, 0) is 32.6 Å². The van der Waals surface area contributed by atoms with Crippen molar-refractivity contribution in [1.29, 1.82) is 0 Å². The van der Waals surface area contributed by atoms with E-state index in [0.29, 0.717) is 62.2 Å². The lowest BCUT2D eigenvalue weighted by molar-refractivity contribution is 0.147. The highest BCUT2D eigenvalue weighted by atomic mass is 35.5. The molecule has 8 heteroatoms. The minimum Gasteiger partial charge on any atom is -0.485 e. The lowest BCUT2D eigenvalue weighted by atomic mass is 10.0. The van der Waals surface area contributed by atoms with Gasteiger partial charge in [-0.25, -0.2) is 4.79 Å². The molecular formula is C35H32ClN3O4. The molecule has 6 rings (SSSR count). The minimum absolute atomic E-state index is 0.415.